The number of urea groups is 1. The second kappa shape index (κ2) is 7.76. The standard InChI is InChI=1S/C16H26N2O3/c1-16(2,3)11-18-15(19)17-9-8-12-6-7-13(20-4)14(10-12)21-5/h6-7,10H,8-9,11H2,1-5H3,(H2,17,18,19). The molecule has 1 rings (SSSR count). The van der Waals surface area contributed by atoms with Crippen LogP contribution in [0.5, 0.6) is 11.5 Å². The molecule has 0 aliphatic carbocycles. The second-order valence-electron chi connectivity index (χ2n) is 6.11. The first kappa shape index (κ1) is 17.1. The van der Waals surface area contributed by atoms with Crippen molar-refractivity contribution >= 4 is 6.03 Å². The molecule has 0 atom stereocenters. The molecular weight excluding hydrogens is 268 g/mol. The number of hydrogen-bond acceptors (Lipinski definition) is 3. The molecule has 5 heteroatoms. The van der Waals surface area contributed by atoms with Crippen LogP contribution in [-0.4, -0.2) is 33.3 Å². The molecule has 2 amide bonds. The predicted octanol–water partition coefficient (Wildman–Crippen LogP) is 2.59. The molecule has 0 heterocycles. The van der Waals surface area contributed by atoms with Crippen LogP contribution in [-0.2, 0) is 6.42 Å². The molecule has 0 unspecified atom stereocenters. The van der Waals surface area contributed by atoms with E-state index in [1.807, 2.05) is 18.2 Å². The van der Waals surface area contributed by atoms with Crippen LogP contribution in [0.1, 0.15) is 26.3 Å². The van der Waals surface area contributed by atoms with Gasteiger partial charge >= 0.3 is 6.03 Å². The lowest BCUT2D eigenvalue weighted by Gasteiger charge is -2.19. The van der Waals surface area contributed by atoms with Gasteiger partial charge in [0.2, 0.25) is 0 Å². The van der Waals surface area contributed by atoms with Crippen molar-refractivity contribution < 1.29 is 14.3 Å². The Bertz CT molecular complexity index is 467. The van der Waals surface area contributed by atoms with Crippen molar-refractivity contribution in [2.45, 2.75) is 27.2 Å². The summed E-state index contributed by atoms with van der Waals surface area (Å²) in [5.74, 6) is 1.41. The molecule has 0 spiro atoms. The monoisotopic (exact) mass is 294 g/mol. The summed E-state index contributed by atoms with van der Waals surface area (Å²) in [6.45, 7) is 7.46. The van der Waals surface area contributed by atoms with E-state index in [1.165, 1.54) is 0 Å². The summed E-state index contributed by atoms with van der Waals surface area (Å²) in [4.78, 5) is 11.6. The van der Waals surface area contributed by atoms with E-state index >= 15 is 0 Å². The zero-order valence-electron chi connectivity index (χ0n) is 13.6. The van der Waals surface area contributed by atoms with Crippen LogP contribution in [0.4, 0.5) is 4.79 Å². The number of carbonyl (C=O) groups excluding carboxylic acids is 1. The highest BCUT2D eigenvalue weighted by atomic mass is 16.5. The lowest BCUT2D eigenvalue weighted by molar-refractivity contribution is 0.235. The van der Waals surface area contributed by atoms with Crippen molar-refractivity contribution in [3.05, 3.63) is 23.8 Å². The molecule has 1 aromatic rings. The normalized spacial score (nSPS) is 10.9. The number of hydrogen-bond donors (Lipinski definition) is 2. The maximum absolute atomic E-state index is 11.6. The Morgan fingerprint density at radius 2 is 1.76 bits per heavy atom. The topological polar surface area (TPSA) is 59.6 Å². The Balaban J connectivity index is 2.40. The largest absolute Gasteiger partial charge is 0.493 e. The molecule has 0 aliphatic heterocycles. The first-order valence-electron chi connectivity index (χ1n) is 7.08. The minimum Gasteiger partial charge on any atom is -0.493 e. The van der Waals surface area contributed by atoms with Gasteiger partial charge in [0.25, 0.3) is 0 Å². The van der Waals surface area contributed by atoms with Crippen molar-refractivity contribution in [3.63, 3.8) is 0 Å². The Morgan fingerprint density at radius 1 is 1.10 bits per heavy atom. The van der Waals surface area contributed by atoms with Crippen LogP contribution in [0.15, 0.2) is 18.2 Å². The molecule has 0 aromatic heterocycles. The Morgan fingerprint density at radius 3 is 2.33 bits per heavy atom. The first-order valence-corrected chi connectivity index (χ1v) is 7.08. The molecule has 0 bridgehead atoms. The van der Waals surface area contributed by atoms with E-state index in [1.54, 1.807) is 14.2 Å². The van der Waals surface area contributed by atoms with Crippen molar-refractivity contribution in [1.82, 2.24) is 10.6 Å². The highest BCUT2D eigenvalue weighted by molar-refractivity contribution is 5.73. The fourth-order valence-electron chi connectivity index (χ4n) is 1.76. The van der Waals surface area contributed by atoms with E-state index in [-0.39, 0.29) is 11.4 Å². The number of benzene rings is 1. The van der Waals surface area contributed by atoms with Gasteiger partial charge in [0.15, 0.2) is 11.5 Å². The highest BCUT2D eigenvalue weighted by Crippen LogP contribution is 2.27. The van der Waals surface area contributed by atoms with Crippen LogP contribution in [0.3, 0.4) is 0 Å². The summed E-state index contributed by atoms with van der Waals surface area (Å²) in [6, 6.07) is 5.63. The van der Waals surface area contributed by atoms with Gasteiger partial charge in [-0.2, -0.15) is 0 Å². The van der Waals surface area contributed by atoms with E-state index in [9.17, 15) is 4.79 Å². The second-order valence-corrected chi connectivity index (χ2v) is 6.11. The molecular formula is C16H26N2O3. The third-order valence-electron chi connectivity index (χ3n) is 2.93. The van der Waals surface area contributed by atoms with Gasteiger partial charge in [-0.1, -0.05) is 26.8 Å². The highest BCUT2D eigenvalue weighted by Gasteiger charge is 2.11. The van der Waals surface area contributed by atoms with E-state index in [0.717, 1.165) is 12.0 Å². The number of ether oxygens (including phenoxy) is 2. The Labute approximate surface area is 127 Å². The van der Waals surface area contributed by atoms with Crippen molar-refractivity contribution in [2.75, 3.05) is 27.3 Å². The lowest BCUT2D eigenvalue weighted by Crippen LogP contribution is -2.40. The van der Waals surface area contributed by atoms with Gasteiger partial charge in [0.1, 0.15) is 0 Å². The molecule has 118 valence electrons. The first-order chi connectivity index (χ1) is 9.85. The lowest BCUT2D eigenvalue weighted by atomic mass is 9.97. The van der Waals surface area contributed by atoms with Gasteiger partial charge < -0.3 is 20.1 Å². The quantitative estimate of drug-likeness (QED) is 0.848. The number of methoxy groups -OCH3 is 2. The fraction of sp³-hybridized carbons (Fsp3) is 0.562. The van der Waals surface area contributed by atoms with E-state index in [2.05, 4.69) is 31.4 Å². The summed E-state index contributed by atoms with van der Waals surface area (Å²) >= 11 is 0. The molecule has 0 fully saturated rings. The number of rotatable bonds is 6. The van der Waals surface area contributed by atoms with E-state index < -0.39 is 0 Å². The van der Waals surface area contributed by atoms with Gasteiger partial charge in [-0.15, -0.1) is 0 Å². The van der Waals surface area contributed by atoms with Crippen LogP contribution >= 0.6 is 0 Å². The maximum atomic E-state index is 11.6. The van der Waals surface area contributed by atoms with Gasteiger partial charge in [0, 0.05) is 13.1 Å². The van der Waals surface area contributed by atoms with E-state index in [0.29, 0.717) is 24.6 Å². The molecule has 0 radical (unpaired) electrons. The summed E-state index contributed by atoms with van der Waals surface area (Å²) in [5.41, 5.74) is 1.17. The summed E-state index contributed by atoms with van der Waals surface area (Å²) in [7, 11) is 3.22. The fourth-order valence-corrected chi connectivity index (χ4v) is 1.76. The summed E-state index contributed by atoms with van der Waals surface area (Å²) in [6.07, 6.45) is 0.739. The van der Waals surface area contributed by atoms with Crippen molar-refractivity contribution in [3.8, 4) is 11.5 Å². The zero-order valence-corrected chi connectivity index (χ0v) is 13.6. The van der Waals surface area contributed by atoms with Crippen LogP contribution in [0.2, 0.25) is 0 Å². The number of amides is 2. The number of carbonyl (C=O) groups is 1. The van der Waals surface area contributed by atoms with Gasteiger partial charge in [-0.25, -0.2) is 4.79 Å². The molecule has 5 nitrogen and oxygen atoms in total. The van der Waals surface area contributed by atoms with Crippen LogP contribution in [0, 0.1) is 5.41 Å². The SMILES string of the molecule is COc1ccc(CCNC(=O)NCC(C)(C)C)cc1OC. The number of nitrogens with one attached hydrogen (secondary N) is 2. The van der Waals surface area contributed by atoms with Crippen LogP contribution in [0.25, 0.3) is 0 Å². The summed E-state index contributed by atoms with van der Waals surface area (Å²) in [5, 5.41) is 5.70. The van der Waals surface area contributed by atoms with Gasteiger partial charge in [-0.3, -0.25) is 0 Å². The minimum atomic E-state index is -0.134. The Hall–Kier alpha value is -1.91. The van der Waals surface area contributed by atoms with Gasteiger partial charge in [-0.05, 0) is 29.5 Å². The average Bonchev–Trinajstić information content (AvgIpc) is 2.44. The van der Waals surface area contributed by atoms with Gasteiger partial charge in [0.05, 0.1) is 14.2 Å². The third-order valence-corrected chi connectivity index (χ3v) is 2.93. The minimum absolute atomic E-state index is 0.0840. The zero-order chi connectivity index (χ0) is 15.9. The maximum Gasteiger partial charge on any atom is 0.314 e. The van der Waals surface area contributed by atoms with Crippen molar-refractivity contribution in [1.29, 1.82) is 0 Å². The van der Waals surface area contributed by atoms with E-state index in [4.69, 9.17) is 9.47 Å². The smallest absolute Gasteiger partial charge is 0.314 e. The molecule has 0 saturated carbocycles. The molecule has 1 aromatic carbocycles. The third kappa shape index (κ3) is 6.38. The molecule has 21 heavy (non-hydrogen) atoms. The molecule has 0 saturated heterocycles. The van der Waals surface area contributed by atoms with Crippen LogP contribution < -0.4 is 20.1 Å². The summed E-state index contributed by atoms with van der Waals surface area (Å²) < 4.78 is 10.4. The molecule has 2 N–H and O–H groups in total. The van der Waals surface area contributed by atoms with Crippen molar-refractivity contribution in [2.24, 2.45) is 5.41 Å². The molecule has 0 aliphatic rings. The predicted molar refractivity (Wildman–Crippen MR) is 84.1 cm³/mol. The Kier molecular flexibility index (Phi) is 6.34. The average molecular weight is 294 g/mol.